The third kappa shape index (κ3) is 3.05. The summed E-state index contributed by atoms with van der Waals surface area (Å²) in [5.74, 6) is 5.18. The molecule has 1 aromatic rings. The van der Waals surface area contributed by atoms with Crippen molar-refractivity contribution in [2.75, 3.05) is 7.05 Å². The number of hydrogen-bond donors (Lipinski definition) is 2. The topological polar surface area (TPSA) is 72.4 Å². The maximum absolute atomic E-state index is 11.4. The van der Waals surface area contributed by atoms with E-state index in [1.54, 1.807) is 0 Å². The molecule has 4 nitrogen and oxygen atoms in total. The van der Waals surface area contributed by atoms with Gasteiger partial charge in [-0.1, -0.05) is 18.2 Å². The number of rotatable bonds is 3. The van der Waals surface area contributed by atoms with E-state index in [1.807, 2.05) is 32.0 Å². The lowest BCUT2D eigenvalue weighted by molar-refractivity contribution is -0.130. The number of aryl methyl sites for hydroxylation is 2. The number of carbonyl (C=O) groups excluding carboxylic acids is 1. The first-order chi connectivity index (χ1) is 7.41. The van der Waals surface area contributed by atoms with Crippen LogP contribution in [0.1, 0.15) is 29.2 Å². The second-order valence-corrected chi connectivity index (χ2v) is 4.16. The highest BCUT2D eigenvalue weighted by Gasteiger charge is 2.13. The highest BCUT2D eigenvalue weighted by atomic mass is 16.2. The summed E-state index contributed by atoms with van der Waals surface area (Å²) in [6.07, 6.45) is 0.232. The minimum atomic E-state index is -0.294. The molecule has 1 atom stereocenters. The average Bonchev–Trinajstić information content (AvgIpc) is 2.21. The fourth-order valence-corrected chi connectivity index (χ4v) is 1.45. The van der Waals surface area contributed by atoms with Crippen LogP contribution in [0.5, 0.6) is 0 Å². The van der Waals surface area contributed by atoms with Crippen molar-refractivity contribution in [1.29, 1.82) is 0 Å². The molecule has 0 spiro atoms. The van der Waals surface area contributed by atoms with Crippen LogP contribution in [0.3, 0.4) is 0 Å². The lowest BCUT2D eigenvalue weighted by Gasteiger charge is -2.16. The van der Waals surface area contributed by atoms with Gasteiger partial charge in [0.1, 0.15) is 0 Å². The molecule has 0 fully saturated rings. The smallest absolute Gasteiger partial charge is 0.238 e. The van der Waals surface area contributed by atoms with Gasteiger partial charge in [0.25, 0.3) is 0 Å². The summed E-state index contributed by atoms with van der Waals surface area (Å²) < 4.78 is 0. The van der Waals surface area contributed by atoms with Gasteiger partial charge < -0.3 is 5.73 Å². The molecule has 0 aromatic heterocycles. The Morgan fingerprint density at radius 3 is 2.50 bits per heavy atom. The number of amides is 1. The highest BCUT2D eigenvalue weighted by molar-refractivity contribution is 5.76. The van der Waals surface area contributed by atoms with E-state index in [1.165, 1.54) is 18.2 Å². The lowest BCUT2D eigenvalue weighted by atomic mass is 9.99. The van der Waals surface area contributed by atoms with E-state index in [-0.39, 0.29) is 18.4 Å². The molecule has 1 amide bonds. The van der Waals surface area contributed by atoms with Gasteiger partial charge in [-0.15, -0.1) is 0 Å². The second kappa shape index (κ2) is 5.09. The molecule has 0 aliphatic heterocycles. The number of nitrogens with two attached hydrogens (primary N) is 2. The van der Waals surface area contributed by atoms with Crippen LogP contribution in [-0.2, 0) is 4.79 Å². The Hall–Kier alpha value is -1.39. The maximum atomic E-state index is 11.4. The zero-order valence-corrected chi connectivity index (χ0v) is 10.0. The Morgan fingerprint density at radius 1 is 1.38 bits per heavy atom. The molecule has 0 aliphatic carbocycles. The Bertz CT molecular complexity index is 388. The fraction of sp³-hybridized carbons (Fsp3) is 0.417. The molecule has 4 N–H and O–H groups in total. The molecule has 88 valence electrons. The van der Waals surface area contributed by atoms with Crippen LogP contribution in [0.4, 0.5) is 0 Å². The molecule has 1 rings (SSSR count). The quantitative estimate of drug-likeness (QED) is 0.455. The normalized spacial score (nSPS) is 12.3. The first kappa shape index (κ1) is 12.7. The van der Waals surface area contributed by atoms with Crippen molar-refractivity contribution in [3.05, 3.63) is 34.9 Å². The molecule has 0 heterocycles. The van der Waals surface area contributed by atoms with Crippen LogP contribution in [0.15, 0.2) is 18.2 Å². The van der Waals surface area contributed by atoms with E-state index in [0.29, 0.717) is 0 Å². The molecule has 1 aromatic carbocycles. The van der Waals surface area contributed by atoms with Crippen LogP contribution in [0, 0.1) is 13.8 Å². The first-order valence-electron chi connectivity index (χ1n) is 5.25. The summed E-state index contributed by atoms with van der Waals surface area (Å²) in [5.41, 5.74) is 9.32. The average molecular weight is 221 g/mol. The summed E-state index contributed by atoms with van der Waals surface area (Å²) in [6.45, 7) is 4.08. The Kier molecular flexibility index (Phi) is 4.04. The van der Waals surface area contributed by atoms with Crippen LogP contribution in [0.2, 0.25) is 0 Å². The predicted octanol–water partition coefficient (Wildman–Crippen LogP) is 1.03. The van der Waals surface area contributed by atoms with Crippen molar-refractivity contribution >= 4 is 5.91 Å². The molecule has 0 bridgehead atoms. The van der Waals surface area contributed by atoms with Gasteiger partial charge in [-0.2, -0.15) is 0 Å². The summed E-state index contributed by atoms with van der Waals surface area (Å²) in [4.78, 5) is 11.4. The Balaban J connectivity index is 2.77. The summed E-state index contributed by atoms with van der Waals surface area (Å²) in [7, 11) is 1.52. The third-order valence-corrected chi connectivity index (χ3v) is 2.75. The largest absolute Gasteiger partial charge is 0.324 e. The minimum absolute atomic E-state index is 0.161. The van der Waals surface area contributed by atoms with E-state index >= 15 is 0 Å². The van der Waals surface area contributed by atoms with Gasteiger partial charge in [-0.25, -0.2) is 5.84 Å². The fourth-order valence-electron chi connectivity index (χ4n) is 1.45. The van der Waals surface area contributed by atoms with Crippen LogP contribution >= 0.6 is 0 Å². The van der Waals surface area contributed by atoms with Crippen molar-refractivity contribution in [3.8, 4) is 0 Å². The van der Waals surface area contributed by atoms with Crippen molar-refractivity contribution in [2.24, 2.45) is 11.6 Å². The summed E-state index contributed by atoms with van der Waals surface area (Å²) >= 11 is 0. The monoisotopic (exact) mass is 221 g/mol. The van der Waals surface area contributed by atoms with Crippen molar-refractivity contribution in [2.45, 2.75) is 26.3 Å². The minimum Gasteiger partial charge on any atom is -0.324 e. The molecule has 16 heavy (non-hydrogen) atoms. The first-order valence-corrected chi connectivity index (χ1v) is 5.25. The maximum Gasteiger partial charge on any atom is 0.238 e. The molecule has 0 radical (unpaired) electrons. The van der Waals surface area contributed by atoms with Crippen LogP contribution in [-0.4, -0.2) is 18.0 Å². The summed E-state index contributed by atoms with van der Waals surface area (Å²) in [5, 5.41) is 1.07. The SMILES string of the molecule is Cc1ccc(C(N)CC(=O)N(C)N)cc1C. The zero-order chi connectivity index (χ0) is 12.3. The molecule has 1 unspecified atom stereocenters. The number of benzene rings is 1. The highest BCUT2D eigenvalue weighted by Crippen LogP contribution is 2.18. The Morgan fingerprint density at radius 2 is 2.00 bits per heavy atom. The summed E-state index contributed by atoms with van der Waals surface area (Å²) in [6, 6.07) is 5.69. The number of hydrogen-bond acceptors (Lipinski definition) is 3. The van der Waals surface area contributed by atoms with Gasteiger partial charge in [0.15, 0.2) is 0 Å². The second-order valence-electron chi connectivity index (χ2n) is 4.16. The predicted molar refractivity (Wildman–Crippen MR) is 64.4 cm³/mol. The number of hydrazine groups is 1. The molecule has 0 aliphatic rings. The molecule has 0 saturated carbocycles. The molecule has 4 heteroatoms. The van der Waals surface area contributed by atoms with E-state index in [0.717, 1.165) is 10.6 Å². The lowest BCUT2D eigenvalue weighted by Crippen LogP contribution is -2.35. The van der Waals surface area contributed by atoms with Crippen molar-refractivity contribution < 1.29 is 4.79 Å². The van der Waals surface area contributed by atoms with E-state index in [9.17, 15) is 4.79 Å². The van der Waals surface area contributed by atoms with Gasteiger partial charge in [-0.3, -0.25) is 9.80 Å². The van der Waals surface area contributed by atoms with E-state index in [2.05, 4.69) is 0 Å². The van der Waals surface area contributed by atoms with E-state index < -0.39 is 0 Å². The molecular weight excluding hydrogens is 202 g/mol. The van der Waals surface area contributed by atoms with Gasteiger partial charge in [0, 0.05) is 19.5 Å². The van der Waals surface area contributed by atoms with Crippen LogP contribution < -0.4 is 11.6 Å². The van der Waals surface area contributed by atoms with Gasteiger partial charge in [0.2, 0.25) is 5.91 Å². The standard InChI is InChI=1S/C12H19N3O/c1-8-4-5-10(6-9(8)2)11(13)7-12(16)15(3)14/h4-6,11H,7,13-14H2,1-3H3. The molecular formula is C12H19N3O. The van der Waals surface area contributed by atoms with Gasteiger partial charge in [-0.05, 0) is 30.5 Å². The van der Waals surface area contributed by atoms with Crippen LogP contribution in [0.25, 0.3) is 0 Å². The van der Waals surface area contributed by atoms with Crippen molar-refractivity contribution in [1.82, 2.24) is 5.01 Å². The van der Waals surface area contributed by atoms with E-state index in [4.69, 9.17) is 11.6 Å². The Labute approximate surface area is 96.2 Å². The molecule has 0 saturated heterocycles. The van der Waals surface area contributed by atoms with Gasteiger partial charge in [0.05, 0.1) is 0 Å². The van der Waals surface area contributed by atoms with Gasteiger partial charge >= 0.3 is 0 Å². The number of carbonyl (C=O) groups is 1. The third-order valence-electron chi connectivity index (χ3n) is 2.75. The van der Waals surface area contributed by atoms with Crippen molar-refractivity contribution in [3.63, 3.8) is 0 Å². The number of nitrogens with zero attached hydrogens (tertiary/aromatic N) is 1. The zero-order valence-electron chi connectivity index (χ0n) is 10.0.